The van der Waals surface area contributed by atoms with Gasteiger partial charge in [0.1, 0.15) is 11.5 Å². The first-order valence-electron chi connectivity index (χ1n) is 8.92. The van der Waals surface area contributed by atoms with Crippen LogP contribution in [0, 0.1) is 0 Å². The summed E-state index contributed by atoms with van der Waals surface area (Å²) in [5.41, 5.74) is 0. The highest BCUT2D eigenvalue weighted by molar-refractivity contribution is 7.90. The van der Waals surface area contributed by atoms with Crippen molar-refractivity contribution in [3.05, 3.63) is 0 Å². The second kappa shape index (κ2) is 16.4. The molecule has 0 spiro atoms. The van der Waals surface area contributed by atoms with Crippen LogP contribution in [0.25, 0.3) is 0 Å². The summed E-state index contributed by atoms with van der Waals surface area (Å²) in [5, 5.41) is 0. The molecule has 0 heterocycles. The van der Waals surface area contributed by atoms with Gasteiger partial charge in [-0.3, -0.25) is 0 Å². The average Bonchev–Trinajstić information content (AvgIpc) is 2.42. The molecule has 0 aliphatic carbocycles. The van der Waals surface area contributed by atoms with E-state index in [0.717, 1.165) is 25.0 Å². The van der Waals surface area contributed by atoms with Gasteiger partial charge in [-0.15, -0.1) is 0 Å². The Hall–Kier alpha value is -0.0200. The first kappa shape index (κ1) is 21.0. The lowest BCUT2D eigenvalue weighted by Gasteiger charge is -2.05. The van der Waals surface area contributed by atoms with E-state index in [0.29, 0.717) is 5.78 Å². The van der Waals surface area contributed by atoms with E-state index in [1.165, 1.54) is 70.6 Å². The Morgan fingerprint density at radius 3 is 1.38 bits per heavy atom. The maximum absolute atomic E-state index is 10.9. The van der Waals surface area contributed by atoms with Crippen molar-refractivity contribution < 1.29 is 9.35 Å². The SMILES string of the molecule is CC(=O)CCCCCCCCCCCCCCC[S+](C)[O-]. The van der Waals surface area contributed by atoms with Crippen LogP contribution in [0.15, 0.2) is 0 Å². The molecule has 0 aromatic rings. The van der Waals surface area contributed by atoms with Crippen LogP contribution in [0.5, 0.6) is 0 Å². The Labute approximate surface area is 135 Å². The van der Waals surface area contributed by atoms with Crippen molar-refractivity contribution in [2.45, 2.75) is 96.8 Å². The highest BCUT2D eigenvalue weighted by Gasteiger charge is 1.97. The second-order valence-electron chi connectivity index (χ2n) is 6.33. The van der Waals surface area contributed by atoms with Crippen LogP contribution in [-0.2, 0) is 16.0 Å². The first-order valence-corrected chi connectivity index (χ1v) is 10.6. The average molecular weight is 317 g/mol. The molecule has 126 valence electrons. The molecule has 0 saturated heterocycles. The number of hydrogen-bond acceptors (Lipinski definition) is 2. The third kappa shape index (κ3) is 20.0. The van der Waals surface area contributed by atoms with Gasteiger partial charge in [0.2, 0.25) is 0 Å². The molecule has 0 fully saturated rings. The molecule has 0 N–H and O–H groups in total. The zero-order chi connectivity index (χ0) is 15.8. The Balaban J connectivity index is 2.98. The maximum Gasteiger partial charge on any atom is 0.129 e. The van der Waals surface area contributed by atoms with Crippen molar-refractivity contribution in [2.75, 3.05) is 12.0 Å². The Bertz CT molecular complexity index is 229. The maximum atomic E-state index is 10.9. The lowest BCUT2D eigenvalue weighted by atomic mass is 10.0. The fraction of sp³-hybridized carbons (Fsp3) is 0.944. The van der Waals surface area contributed by atoms with Gasteiger partial charge in [-0.2, -0.15) is 0 Å². The second-order valence-corrected chi connectivity index (χ2v) is 7.88. The lowest BCUT2D eigenvalue weighted by molar-refractivity contribution is -0.117. The number of ketones is 1. The van der Waals surface area contributed by atoms with Gasteiger partial charge >= 0.3 is 0 Å². The van der Waals surface area contributed by atoms with Crippen molar-refractivity contribution in [1.29, 1.82) is 0 Å². The van der Waals surface area contributed by atoms with E-state index >= 15 is 0 Å². The molecule has 0 rings (SSSR count). The highest BCUT2D eigenvalue weighted by atomic mass is 32.2. The molecule has 21 heavy (non-hydrogen) atoms. The fourth-order valence-electron chi connectivity index (χ4n) is 2.62. The normalized spacial score (nSPS) is 12.5. The van der Waals surface area contributed by atoms with Gasteiger partial charge in [0.15, 0.2) is 0 Å². The third-order valence-electron chi connectivity index (χ3n) is 3.96. The van der Waals surface area contributed by atoms with Crippen LogP contribution in [0.1, 0.15) is 96.8 Å². The Morgan fingerprint density at radius 1 is 0.714 bits per heavy atom. The van der Waals surface area contributed by atoms with E-state index in [4.69, 9.17) is 0 Å². The van der Waals surface area contributed by atoms with Gasteiger partial charge in [-0.25, -0.2) is 0 Å². The number of rotatable bonds is 16. The molecule has 3 heteroatoms. The standard InChI is InChI=1S/C18H36O2S/c1-18(19)16-14-12-10-8-6-4-3-5-7-9-11-13-15-17-21(2)20/h3-17H2,1-2H3. The molecule has 0 aromatic carbocycles. The molecule has 0 amide bonds. The number of Topliss-reactive ketones (excluding diaryl/α,β-unsaturated/α-hetero) is 1. The van der Waals surface area contributed by atoms with Crippen LogP contribution < -0.4 is 0 Å². The molecule has 0 bridgehead atoms. The molecule has 0 aliphatic heterocycles. The van der Waals surface area contributed by atoms with Gasteiger partial charge in [0.05, 0.1) is 6.26 Å². The summed E-state index contributed by atoms with van der Waals surface area (Å²) in [4.78, 5) is 10.8. The predicted molar refractivity (Wildman–Crippen MR) is 94.3 cm³/mol. The van der Waals surface area contributed by atoms with E-state index in [9.17, 15) is 9.35 Å². The quantitative estimate of drug-likeness (QED) is 0.282. The molecule has 1 unspecified atom stereocenters. The summed E-state index contributed by atoms with van der Waals surface area (Å²) >= 11 is -0.601. The summed E-state index contributed by atoms with van der Waals surface area (Å²) in [5.74, 6) is 1.21. The summed E-state index contributed by atoms with van der Waals surface area (Å²) < 4.78 is 10.9. The minimum Gasteiger partial charge on any atom is -0.617 e. The van der Waals surface area contributed by atoms with E-state index < -0.39 is 11.2 Å². The van der Waals surface area contributed by atoms with Gasteiger partial charge in [0.25, 0.3) is 0 Å². The van der Waals surface area contributed by atoms with Crippen LogP contribution in [0.3, 0.4) is 0 Å². The zero-order valence-corrected chi connectivity index (χ0v) is 15.1. The van der Waals surface area contributed by atoms with E-state index in [1.807, 2.05) is 0 Å². The largest absolute Gasteiger partial charge is 0.617 e. The minimum atomic E-state index is -0.601. The third-order valence-corrected chi connectivity index (χ3v) is 4.82. The van der Waals surface area contributed by atoms with Gasteiger partial charge < -0.3 is 9.35 Å². The van der Waals surface area contributed by atoms with Crippen LogP contribution in [0.4, 0.5) is 0 Å². The number of carbonyl (C=O) groups excluding carboxylic acids is 1. The van der Waals surface area contributed by atoms with Gasteiger partial charge in [-0.1, -0.05) is 75.4 Å². The molecule has 0 radical (unpaired) electrons. The number of carbonyl (C=O) groups is 1. The van der Waals surface area contributed by atoms with Crippen molar-refractivity contribution in [1.82, 2.24) is 0 Å². The highest BCUT2D eigenvalue weighted by Crippen LogP contribution is 2.13. The molecular weight excluding hydrogens is 280 g/mol. The molecule has 0 aliphatic rings. The Kier molecular flexibility index (Phi) is 16.3. The van der Waals surface area contributed by atoms with E-state index in [-0.39, 0.29) is 0 Å². The van der Waals surface area contributed by atoms with Crippen molar-refractivity contribution in [3.8, 4) is 0 Å². The molecule has 1 atom stereocenters. The number of unbranched alkanes of at least 4 members (excludes halogenated alkanes) is 12. The zero-order valence-electron chi connectivity index (χ0n) is 14.3. The van der Waals surface area contributed by atoms with Crippen molar-refractivity contribution in [3.63, 3.8) is 0 Å². The molecule has 0 saturated carbocycles. The summed E-state index contributed by atoms with van der Waals surface area (Å²) in [6, 6.07) is 0. The van der Waals surface area contributed by atoms with Gasteiger partial charge in [-0.05, 0) is 26.2 Å². The monoisotopic (exact) mass is 316 g/mol. The first-order chi connectivity index (χ1) is 10.1. The van der Waals surface area contributed by atoms with E-state index in [1.54, 1.807) is 13.2 Å². The van der Waals surface area contributed by atoms with Crippen LogP contribution in [0.2, 0.25) is 0 Å². The fourth-order valence-corrected chi connectivity index (χ4v) is 3.23. The van der Waals surface area contributed by atoms with E-state index in [2.05, 4.69) is 0 Å². The van der Waals surface area contributed by atoms with Crippen LogP contribution in [-0.4, -0.2) is 22.3 Å². The number of hydrogen-bond donors (Lipinski definition) is 0. The smallest absolute Gasteiger partial charge is 0.129 e. The Morgan fingerprint density at radius 2 is 1.05 bits per heavy atom. The molecule has 0 aromatic heterocycles. The predicted octanol–water partition coefficient (Wildman–Crippen LogP) is 5.42. The molecular formula is C18H36O2S. The van der Waals surface area contributed by atoms with Crippen molar-refractivity contribution >= 4 is 17.0 Å². The molecule has 2 nitrogen and oxygen atoms in total. The summed E-state index contributed by atoms with van der Waals surface area (Å²) in [7, 11) is 0. The summed E-state index contributed by atoms with van der Waals surface area (Å²) in [6.45, 7) is 1.69. The van der Waals surface area contributed by atoms with Crippen LogP contribution >= 0.6 is 0 Å². The topological polar surface area (TPSA) is 40.1 Å². The van der Waals surface area contributed by atoms with Gasteiger partial charge in [0, 0.05) is 6.42 Å². The minimum absolute atomic E-state index is 0.331. The summed E-state index contributed by atoms with van der Waals surface area (Å²) in [6.07, 6.45) is 19.4. The lowest BCUT2D eigenvalue weighted by Crippen LogP contribution is -2.02. The van der Waals surface area contributed by atoms with Crippen molar-refractivity contribution in [2.24, 2.45) is 0 Å².